The Morgan fingerprint density at radius 3 is 2.94 bits per heavy atom. The number of nitrogens with zero attached hydrogens (tertiary/aromatic N) is 3. The number of aromatic nitrogens is 3. The van der Waals surface area contributed by atoms with Crippen molar-refractivity contribution in [1.29, 1.82) is 0 Å². The molecule has 2 heterocycles. The van der Waals surface area contributed by atoms with Crippen molar-refractivity contribution in [3.05, 3.63) is 29.5 Å². The van der Waals surface area contributed by atoms with Crippen molar-refractivity contribution in [3.63, 3.8) is 0 Å². The standard InChI is InChI=1S/C9H9N5OS/c1-10-9-14-13-8(16-9)7(15)12-6-3-2-4-11-5-6/h2-5H,1H3,(H,10,14)(H,12,15). The molecule has 6 nitrogen and oxygen atoms in total. The summed E-state index contributed by atoms with van der Waals surface area (Å²) in [5.74, 6) is -0.285. The summed E-state index contributed by atoms with van der Waals surface area (Å²) in [6, 6.07) is 3.50. The Morgan fingerprint density at radius 2 is 2.31 bits per heavy atom. The molecule has 0 aromatic carbocycles. The number of rotatable bonds is 3. The number of carbonyl (C=O) groups is 1. The summed E-state index contributed by atoms with van der Waals surface area (Å²) in [6.45, 7) is 0. The second-order valence-corrected chi connectivity index (χ2v) is 3.84. The highest BCUT2D eigenvalue weighted by molar-refractivity contribution is 7.17. The van der Waals surface area contributed by atoms with Gasteiger partial charge in [-0.05, 0) is 12.1 Å². The minimum Gasteiger partial charge on any atom is -0.363 e. The van der Waals surface area contributed by atoms with Crippen molar-refractivity contribution in [2.45, 2.75) is 0 Å². The van der Waals surface area contributed by atoms with Gasteiger partial charge in [0.2, 0.25) is 10.1 Å². The van der Waals surface area contributed by atoms with Crippen molar-refractivity contribution < 1.29 is 4.79 Å². The van der Waals surface area contributed by atoms with Gasteiger partial charge in [-0.1, -0.05) is 11.3 Å². The molecule has 2 rings (SSSR count). The van der Waals surface area contributed by atoms with Crippen LogP contribution in [-0.4, -0.2) is 28.1 Å². The predicted octanol–water partition coefficient (Wildman–Crippen LogP) is 1.23. The van der Waals surface area contributed by atoms with Gasteiger partial charge in [0.1, 0.15) is 0 Å². The number of hydrogen-bond acceptors (Lipinski definition) is 6. The first-order chi connectivity index (χ1) is 7.79. The molecule has 2 N–H and O–H groups in total. The Kier molecular flexibility index (Phi) is 3.06. The Bertz CT molecular complexity index is 484. The van der Waals surface area contributed by atoms with E-state index in [2.05, 4.69) is 25.8 Å². The molecular formula is C9H9N5OS. The van der Waals surface area contributed by atoms with Gasteiger partial charge in [0.05, 0.1) is 11.9 Å². The molecule has 0 aliphatic carbocycles. The maximum absolute atomic E-state index is 11.7. The third-order valence-electron chi connectivity index (χ3n) is 1.75. The van der Waals surface area contributed by atoms with Gasteiger partial charge in [0.15, 0.2) is 0 Å². The first-order valence-electron chi connectivity index (χ1n) is 4.52. The summed E-state index contributed by atoms with van der Waals surface area (Å²) < 4.78 is 0. The average Bonchev–Trinajstić information content (AvgIpc) is 2.79. The number of amides is 1. The van der Waals surface area contributed by atoms with E-state index in [1.165, 1.54) is 11.3 Å². The summed E-state index contributed by atoms with van der Waals surface area (Å²) in [4.78, 5) is 15.6. The molecule has 2 aromatic rings. The van der Waals surface area contributed by atoms with Crippen molar-refractivity contribution in [3.8, 4) is 0 Å². The molecule has 0 aliphatic heterocycles. The van der Waals surface area contributed by atoms with Gasteiger partial charge in [0.25, 0.3) is 5.91 Å². The zero-order valence-electron chi connectivity index (χ0n) is 8.47. The molecule has 0 fully saturated rings. The van der Waals surface area contributed by atoms with E-state index in [9.17, 15) is 4.79 Å². The number of carbonyl (C=O) groups excluding carboxylic acids is 1. The SMILES string of the molecule is CNc1nnc(C(=O)Nc2cccnc2)s1. The molecule has 0 saturated carbocycles. The quantitative estimate of drug-likeness (QED) is 0.836. The minimum atomic E-state index is -0.285. The summed E-state index contributed by atoms with van der Waals surface area (Å²) in [5.41, 5.74) is 0.633. The van der Waals surface area contributed by atoms with Crippen molar-refractivity contribution in [2.24, 2.45) is 0 Å². The molecule has 0 spiro atoms. The molecular weight excluding hydrogens is 226 g/mol. The van der Waals surface area contributed by atoms with Crippen LogP contribution in [0.1, 0.15) is 9.80 Å². The molecule has 16 heavy (non-hydrogen) atoms. The number of pyridine rings is 1. The first kappa shape index (κ1) is 10.5. The van der Waals surface area contributed by atoms with Gasteiger partial charge in [0, 0.05) is 13.2 Å². The molecule has 0 aliphatic rings. The van der Waals surface area contributed by atoms with E-state index in [1.807, 2.05) is 0 Å². The molecule has 0 saturated heterocycles. The molecule has 1 amide bonds. The molecule has 0 unspecified atom stereocenters. The zero-order chi connectivity index (χ0) is 11.4. The maximum Gasteiger partial charge on any atom is 0.286 e. The molecule has 0 atom stereocenters. The van der Waals surface area contributed by atoms with E-state index in [0.29, 0.717) is 15.8 Å². The van der Waals surface area contributed by atoms with Gasteiger partial charge in [-0.3, -0.25) is 9.78 Å². The summed E-state index contributed by atoms with van der Waals surface area (Å²) >= 11 is 1.19. The van der Waals surface area contributed by atoms with Crippen LogP contribution in [0, 0.1) is 0 Å². The minimum absolute atomic E-state index is 0.285. The van der Waals surface area contributed by atoms with E-state index < -0.39 is 0 Å². The van der Waals surface area contributed by atoms with Gasteiger partial charge in [-0.25, -0.2) is 0 Å². The lowest BCUT2D eigenvalue weighted by atomic mass is 10.4. The molecule has 0 radical (unpaired) electrons. The van der Waals surface area contributed by atoms with Crippen LogP contribution < -0.4 is 10.6 Å². The third kappa shape index (κ3) is 2.31. The summed E-state index contributed by atoms with van der Waals surface area (Å²) in [5, 5.41) is 13.9. The third-order valence-corrected chi connectivity index (χ3v) is 2.69. The highest BCUT2D eigenvalue weighted by Crippen LogP contribution is 2.15. The summed E-state index contributed by atoms with van der Waals surface area (Å²) in [6.07, 6.45) is 3.21. The summed E-state index contributed by atoms with van der Waals surface area (Å²) in [7, 11) is 1.73. The average molecular weight is 235 g/mol. The molecule has 0 bridgehead atoms. The fraction of sp³-hybridized carbons (Fsp3) is 0.111. The van der Waals surface area contributed by atoms with E-state index in [1.54, 1.807) is 31.6 Å². The normalized spacial score (nSPS) is 9.81. The lowest BCUT2D eigenvalue weighted by Gasteiger charge is -1.99. The first-order valence-corrected chi connectivity index (χ1v) is 5.34. The second kappa shape index (κ2) is 4.67. The van der Waals surface area contributed by atoms with Crippen LogP contribution in [0.15, 0.2) is 24.5 Å². The maximum atomic E-state index is 11.7. The van der Waals surface area contributed by atoms with Crippen LogP contribution in [0.5, 0.6) is 0 Å². The fourth-order valence-electron chi connectivity index (χ4n) is 1.04. The van der Waals surface area contributed by atoms with Crippen molar-refractivity contribution in [2.75, 3.05) is 17.7 Å². The van der Waals surface area contributed by atoms with Gasteiger partial charge >= 0.3 is 0 Å². The Balaban J connectivity index is 2.09. The van der Waals surface area contributed by atoms with Crippen molar-refractivity contribution in [1.82, 2.24) is 15.2 Å². The second-order valence-electron chi connectivity index (χ2n) is 2.86. The Hall–Kier alpha value is -2.02. The van der Waals surface area contributed by atoms with E-state index >= 15 is 0 Å². The molecule has 7 heteroatoms. The lowest BCUT2D eigenvalue weighted by molar-refractivity contribution is 0.102. The van der Waals surface area contributed by atoms with Crippen LogP contribution in [0.4, 0.5) is 10.8 Å². The van der Waals surface area contributed by atoms with E-state index in [-0.39, 0.29) is 5.91 Å². The highest BCUT2D eigenvalue weighted by Gasteiger charge is 2.12. The lowest BCUT2D eigenvalue weighted by Crippen LogP contribution is -2.11. The van der Waals surface area contributed by atoms with Crippen LogP contribution in [0.2, 0.25) is 0 Å². The van der Waals surface area contributed by atoms with E-state index in [4.69, 9.17) is 0 Å². The van der Waals surface area contributed by atoms with Crippen LogP contribution in [0.25, 0.3) is 0 Å². The van der Waals surface area contributed by atoms with Gasteiger partial charge < -0.3 is 10.6 Å². The topological polar surface area (TPSA) is 79.8 Å². The molecule has 2 aromatic heterocycles. The Morgan fingerprint density at radius 1 is 1.44 bits per heavy atom. The van der Waals surface area contributed by atoms with E-state index in [0.717, 1.165) is 0 Å². The van der Waals surface area contributed by atoms with Gasteiger partial charge in [-0.2, -0.15) is 0 Å². The number of anilines is 2. The molecule has 82 valence electrons. The van der Waals surface area contributed by atoms with Gasteiger partial charge in [-0.15, -0.1) is 10.2 Å². The zero-order valence-corrected chi connectivity index (χ0v) is 9.28. The predicted molar refractivity (Wildman–Crippen MR) is 61.6 cm³/mol. The van der Waals surface area contributed by atoms with Crippen LogP contribution in [0.3, 0.4) is 0 Å². The highest BCUT2D eigenvalue weighted by atomic mass is 32.1. The Labute approximate surface area is 95.7 Å². The van der Waals surface area contributed by atoms with Crippen LogP contribution in [-0.2, 0) is 0 Å². The fourth-order valence-corrected chi connectivity index (χ4v) is 1.63. The monoisotopic (exact) mass is 235 g/mol. The van der Waals surface area contributed by atoms with Crippen LogP contribution >= 0.6 is 11.3 Å². The number of nitrogens with one attached hydrogen (secondary N) is 2. The smallest absolute Gasteiger partial charge is 0.286 e. The largest absolute Gasteiger partial charge is 0.363 e. The number of hydrogen-bond donors (Lipinski definition) is 2. The van der Waals surface area contributed by atoms with Crippen molar-refractivity contribution >= 4 is 28.1 Å².